The van der Waals surface area contributed by atoms with Crippen molar-refractivity contribution in [2.45, 2.75) is 4.90 Å². The van der Waals surface area contributed by atoms with Gasteiger partial charge in [-0.25, -0.2) is 18.0 Å². The van der Waals surface area contributed by atoms with Gasteiger partial charge >= 0.3 is 11.9 Å². The van der Waals surface area contributed by atoms with Crippen molar-refractivity contribution in [2.24, 2.45) is 0 Å². The summed E-state index contributed by atoms with van der Waals surface area (Å²) >= 11 is 0. The number of nitro benzene ring substituents is 1. The Balaban J connectivity index is 2.81. The number of hydrogen-bond donors (Lipinski definition) is 0. The molecule has 2 rings (SSSR count). The molecule has 1 aliphatic heterocycles. The van der Waals surface area contributed by atoms with Crippen molar-refractivity contribution in [3.8, 4) is 0 Å². The van der Waals surface area contributed by atoms with Crippen molar-refractivity contribution < 1.29 is 32.4 Å². The van der Waals surface area contributed by atoms with E-state index in [0.717, 1.165) is 37.5 Å². The number of rotatable bonds is 5. The van der Waals surface area contributed by atoms with Crippen molar-refractivity contribution >= 4 is 33.2 Å². The van der Waals surface area contributed by atoms with Gasteiger partial charge in [0, 0.05) is 18.5 Å². The van der Waals surface area contributed by atoms with Gasteiger partial charge in [-0.15, -0.1) is 0 Å². The number of sulfone groups is 1. The summed E-state index contributed by atoms with van der Waals surface area (Å²) in [5.74, 6) is -1.81. The van der Waals surface area contributed by atoms with Gasteiger partial charge in [-0.05, 0) is 24.3 Å². The molecule has 0 aliphatic carbocycles. The van der Waals surface area contributed by atoms with Gasteiger partial charge in [-0.2, -0.15) is 0 Å². The van der Waals surface area contributed by atoms with Gasteiger partial charge in [-0.1, -0.05) is 6.08 Å². The Morgan fingerprint density at radius 1 is 1.11 bits per heavy atom. The molecule has 1 heterocycles. The van der Waals surface area contributed by atoms with Gasteiger partial charge in [0.05, 0.1) is 29.6 Å². The van der Waals surface area contributed by atoms with Crippen LogP contribution in [0.15, 0.2) is 58.8 Å². The fourth-order valence-corrected chi connectivity index (χ4v) is 3.08. The molecule has 0 amide bonds. The quantitative estimate of drug-likeness (QED) is 0.403. The van der Waals surface area contributed by atoms with Crippen LogP contribution in [0.3, 0.4) is 0 Å². The highest BCUT2D eigenvalue weighted by Gasteiger charge is 2.31. The molecule has 0 saturated heterocycles. The van der Waals surface area contributed by atoms with Crippen LogP contribution < -0.4 is 4.90 Å². The van der Waals surface area contributed by atoms with Gasteiger partial charge in [0.15, 0.2) is 9.84 Å². The van der Waals surface area contributed by atoms with Crippen LogP contribution in [-0.4, -0.2) is 45.8 Å². The number of nitrogens with zero attached hydrogens (tertiary/aromatic N) is 2. The van der Waals surface area contributed by atoms with Crippen LogP contribution in [0.25, 0.3) is 0 Å². The summed E-state index contributed by atoms with van der Waals surface area (Å²) in [5, 5.41) is 11.6. The Kier molecular flexibility index (Phi) is 5.99. The number of allylic oxidation sites excluding steroid dienone is 2. The predicted octanol–water partition coefficient (Wildman–Crippen LogP) is 1.49. The fourth-order valence-electron chi connectivity index (χ4n) is 2.44. The Morgan fingerprint density at radius 2 is 1.75 bits per heavy atom. The van der Waals surface area contributed by atoms with Crippen LogP contribution in [0, 0.1) is 10.1 Å². The maximum Gasteiger partial charge on any atom is 0.355 e. The van der Waals surface area contributed by atoms with E-state index in [4.69, 9.17) is 4.74 Å². The molecule has 0 bridgehead atoms. The average molecular weight is 408 g/mol. The van der Waals surface area contributed by atoms with E-state index in [9.17, 15) is 28.1 Å². The fraction of sp³-hybridized carbons (Fsp3) is 0.176. The molecule has 148 valence electrons. The molecular formula is C17H16N2O8S. The first-order chi connectivity index (χ1) is 13.1. The Hall–Kier alpha value is -3.47. The minimum absolute atomic E-state index is 0.140. The van der Waals surface area contributed by atoms with Crippen LogP contribution in [0.2, 0.25) is 0 Å². The van der Waals surface area contributed by atoms with Crippen molar-refractivity contribution in [3.63, 3.8) is 0 Å². The molecule has 0 unspecified atom stereocenters. The summed E-state index contributed by atoms with van der Waals surface area (Å²) in [7, 11) is -1.51. The molecule has 11 heteroatoms. The van der Waals surface area contributed by atoms with E-state index >= 15 is 0 Å². The average Bonchev–Trinajstić information content (AvgIpc) is 2.88. The van der Waals surface area contributed by atoms with Crippen molar-refractivity contribution in [1.29, 1.82) is 0 Å². The van der Waals surface area contributed by atoms with E-state index in [-0.39, 0.29) is 21.9 Å². The third kappa shape index (κ3) is 4.09. The van der Waals surface area contributed by atoms with Crippen molar-refractivity contribution in [2.75, 3.05) is 25.4 Å². The third-order valence-electron chi connectivity index (χ3n) is 3.72. The highest BCUT2D eigenvalue weighted by atomic mass is 32.2. The van der Waals surface area contributed by atoms with Gasteiger partial charge < -0.3 is 14.4 Å². The van der Waals surface area contributed by atoms with E-state index in [0.29, 0.717) is 0 Å². The van der Waals surface area contributed by atoms with Crippen molar-refractivity contribution in [1.82, 2.24) is 0 Å². The second kappa shape index (κ2) is 8.05. The molecule has 0 aromatic heterocycles. The summed E-state index contributed by atoms with van der Waals surface area (Å²) in [6.45, 7) is 0. The number of anilines is 1. The summed E-state index contributed by atoms with van der Waals surface area (Å²) in [4.78, 5) is 36.1. The molecule has 1 aromatic rings. The normalized spacial score (nSPS) is 13.9. The second-order valence-electron chi connectivity index (χ2n) is 5.50. The third-order valence-corrected chi connectivity index (χ3v) is 4.83. The molecule has 1 aromatic carbocycles. The zero-order valence-electron chi connectivity index (χ0n) is 15.1. The highest BCUT2D eigenvalue weighted by Crippen LogP contribution is 2.35. The maximum atomic E-state index is 12.4. The van der Waals surface area contributed by atoms with Crippen LogP contribution in [0.5, 0.6) is 0 Å². The molecule has 0 saturated carbocycles. The number of methoxy groups -OCH3 is 2. The smallest absolute Gasteiger partial charge is 0.355 e. The van der Waals surface area contributed by atoms with E-state index < -0.39 is 32.4 Å². The second-order valence-corrected chi connectivity index (χ2v) is 7.51. The number of benzene rings is 1. The van der Waals surface area contributed by atoms with E-state index in [1.807, 2.05) is 0 Å². The predicted molar refractivity (Wildman–Crippen MR) is 98.0 cm³/mol. The molecule has 0 radical (unpaired) electrons. The number of nitro groups is 1. The number of esters is 2. The standard InChI is InChI=1S/C17H16N2O8S/c1-26-16(20)12-6-4-5-9-18(15(12)17(21)27-2)13-8-7-11(28(3,24)25)10-14(13)19(22)23/h4-10H,1-3H3. The van der Waals surface area contributed by atoms with E-state index in [2.05, 4.69) is 4.74 Å². The molecule has 0 N–H and O–H groups in total. The summed E-state index contributed by atoms with van der Waals surface area (Å²) in [6, 6.07) is 3.21. The van der Waals surface area contributed by atoms with Crippen LogP contribution >= 0.6 is 0 Å². The lowest BCUT2D eigenvalue weighted by Gasteiger charge is -2.23. The van der Waals surface area contributed by atoms with Crippen LogP contribution in [0.1, 0.15) is 0 Å². The molecule has 28 heavy (non-hydrogen) atoms. The molecule has 0 atom stereocenters. The zero-order chi connectivity index (χ0) is 21.1. The van der Waals surface area contributed by atoms with Crippen LogP contribution in [0.4, 0.5) is 11.4 Å². The first-order valence-electron chi connectivity index (χ1n) is 7.65. The van der Waals surface area contributed by atoms with E-state index in [1.165, 1.54) is 30.5 Å². The number of carbonyl (C=O) groups excluding carboxylic acids is 2. The lowest BCUT2D eigenvalue weighted by Crippen LogP contribution is -2.27. The first kappa shape index (κ1) is 20.8. The van der Waals surface area contributed by atoms with Crippen molar-refractivity contribution in [3.05, 3.63) is 64.0 Å². The first-order valence-corrected chi connectivity index (χ1v) is 9.54. The molecule has 0 fully saturated rings. The SMILES string of the molecule is COC(=O)C1=C(C(=O)OC)N(c2ccc(S(C)(=O)=O)cc2[N+](=O)[O-])C=CC=C1. The van der Waals surface area contributed by atoms with Gasteiger partial charge in [-0.3, -0.25) is 10.1 Å². The Labute approximate surface area is 160 Å². The van der Waals surface area contributed by atoms with Gasteiger partial charge in [0.1, 0.15) is 11.4 Å². The Bertz CT molecular complexity index is 1040. The summed E-state index contributed by atoms with van der Waals surface area (Å²) in [6.07, 6.45) is 6.39. The van der Waals surface area contributed by atoms with Gasteiger partial charge in [0.2, 0.25) is 0 Å². The highest BCUT2D eigenvalue weighted by molar-refractivity contribution is 7.90. The number of hydrogen-bond acceptors (Lipinski definition) is 9. The summed E-state index contributed by atoms with van der Waals surface area (Å²) in [5.41, 5.74) is -1.24. The maximum absolute atomic E-state index is 12.4. The number of carbonyl (C=O) groups is 2. The van der Waals surface area contributed by atoms with Gasteiger partial charge in [0.25, 0.3) is 5.69 Å². The lowest BCUT2D eigenvalue weighted by molar-refractivity contribution is -0.384. The molecule has 1 aliphatic rings. The van der Waals surface area contributed by atoms with Crippen LogP contribution in [-0.2, 0) is 28.9 Å². The molecule has 10 nitrogen and oxygen atoms in total. The Morgan fingerprint density at radius 3 is 2.29 bits per heavy atom. The minimum Gasteiger partial charge on any atom is -0.465 e. The lowest BCUT2D eigenvalue weighted by atomic mass is 10.1. The largest absolute Gasteiger partial charge is 0.465 e. The monoisotopic (exact) mass is 408 g/mol. The number of ether oxygens (including phenoxy) is 2. The zero-order valence-corrected chi connectivity index (χ0v) is 15.9. The minimum atomic E-state index is -3.71. The summed E-state index contributed by atoms with van der Waals surface area (Å²) < 4.78 is 32.9. The van der Waals surface area contributed by atoms with E-state index in [1.54, 1.807) is 0 Å². The molecule has 0 spiro atoms. The topological polar surface area (TPSA) is 133 Å². The molecular weight excluding hydrogens is 392 g/mol.